The lowest BCUT2D eigenvalue weighted by molar-refractivity contribution is 0.0659. The van der Waals surface area contributed by atoms with E-state index < -0.39 is 11.4 Å². The average Bonchev–Trinajstić information content (AvgIpc) is 2.74. The first-order valence-corrected chi connectivity index (χ1v) is 5.79. The third-order valence-electron chi connectivity index (χ3n) is 2.62. The van der Waals surface area contributed by atoms with E-state index in [1.165, 1.54) is 24.3 Å². The largest absolute Gasteiger partial charge is 0.475 e. The number of carboxylic acids is 1. The van der Waals surface area contributed by atoms with Gasteiger partial charge in [-0.05, 0) is 24.3 Å². The van der Waals surface area contributed by atoms with E-state index in [0.29, 0.717) is 11.3 Å². The van der Waals surface area contributed by atoms with Crippen LogP contribution in [0.5, 0.6) is 0 Å². The van der Waals surface area contributed by atoms with Crippen molar-refractivity contribution in [2.75, 3.05) is 0 Å². The smallest absolute Gasteiger partial charge is 0.373 e. The number of aromatic nitrogens is 1. The number of halogens is 1. The minimum absolute atomic E-state index is 0.174. The summed E-state index contributed by atoms with van der Waals surface area (Å²) in [6.07, 6.45) is 0. The number of hydrogen-bond acceptors (Lipinski definition) is 3. The van der Waals surface area contributed by atoms with Gasteiger partial charge < -0.3 is 9.52 Å². The highest BCUT2D eigenvalue weighted by atomic mass is 19.1. The summed E-state index contributed by atoms with van der Waals surface area (Å²) in [6, 6.07) is 5.55. The minimum Gasteiger partial charge on any atom is -0.475 e. The molecule has 0 fully saturated rings. The molecule has 2 rings (SSSR count). The monoisotopic (exact) mass is 263 g/mol. The molecule has 0 aliphatic heterocycles. The second kappa shape index (κ2) is 4.50. The van der Waals surface area contributed by atoms with Crippen LogP contribution in [0.4, 0.5) is 4.39 Å². The molecule has 2 aromatic rings. The van der Waals surface area contributed by atoms with Crippen molar-refractivity contribution in [3.63, 3.8) is 0 Å². The first-order chi connectivity index (χ1) is 8.79. The Kier molecular flexibility index (Phi) is 3.14. The van der Waals surface area contributed by atoms with Crippen molar-refractivity contribution in [2.24, 2.45) is 0 Å². The summed E-state index contributed by atoms with van der Waals surface area (Å²) in [5.74, 6) is -1.52. The number of benzene rings is 1. The van der Waals surface area contributed by atoms with Crippen LogP contribution < -0.4 is 0 Å². The fourth-order valence-electron chi connectivity index (χ4n) is 1.69. The van der Waals surface area contributed by atoms with E-state index in [0.717, 1.165) is 0 Å². The molecule has 0 spiro atoms. The fourth-order valence-corrected chi connectivity index (χ4v) is 1.69. The minimum atomic E-state index is -1.16. The van der Waals surface area contributed by atoms with E-state index in [4.69, 9.17) is 9.52 Å². The number of carboxylic acid groups (broad SMARTS) is 1. The predicted octanol–water partition coefficient (Wildman–Crippen LogP) is 3.48. The first kappa shape index (κ1) is 13.3. The summed E-state index contributed by atoms with van der Waals surface area (Å²) in [5.41, 5.74) is 0.467. The Labute approximate surface area is 109 Å². The summed E-state index contributed by atoms with van der Waals surface area (Å²) in [4.78, 5) is 15.4. The van der Waals surface area contributed by atoms with Crippen molar-refractivity contribution < 1.29 is 18.7 Å². The molecule has 1 heterocycles. The Balaban J connectivity index is 2.55. The molecule has 1 aromatic heterocycles. The lowest BCUT2D eigenvalue weighted by atomic mass is 9.91. The zero-order valence-electron chi connectivity index (χ0n) is 10.9. The van der Waals surface area contributed by atoms with Crippen LogP contribution in [0.25, 0.3) is 11.5 Å². The van der Waals surface area contributed by atoms with Gasteiger partial charge in [-0.1, -0.05) is 20.8 Å². The number of aromatic carboxylic acids is 1. The Morgan fingerprint density at radius 2 is 1.84 bits per heavy atom. The third kappa shape index (κ3) is 2.65. The van der Waals surface area contributed by atoms with Gasteiger partial charge in [0.2, 0.25) is 11.7 Å². The van der Waals surface area contributed by atoms with Crippen LogP contribution in [0.3, 0.4) is 0 Å². The van der Waals surface area contributed by atoms with Gasteiger partial charge in [0, 0.05) is 11.0 Å². The van der Waals surface area contributed by atoms with Gasteiger partial charge in [0.15, 0.2) is 0 Å². The van der Waals surface area contributed by atoms with E-state index in [-0.39, 0.29) is 17.5 Å². The molecule has 0 radical (unpaired) electrons. The second-order valence-corrected chi connectivity index (χ2v) is 5.26. The van der Waals surface area contributed by atoms with Crippen molar-refractivity contribution in [3.8, 4) is 11.5 Å². The Hall–Kier alpha value is -2.17. The maximum Gasteiger partial charge on any atom is 0.373 e. The molecule has 1 aromatic carbocycles. The number of carbonyl (C=O) groups is 1. The van der Waals surface area contributed by atoms with Gasteiger partial charge >= 0.3 is 5.97 Å². The predicted molar refractivity (Wildman–Crippen MR) is 67.6 cm³/mol. The molecule has 5 heteroatoms. The summed E-state index contributed by atoms with van der Waals surface area (Å²) >= 11 is 0. The third-order valence-corrected chi connectivity index (χ3v) is 2.62. The Bertz CT molecular complexity index is 609. The zero-order chi connectivity index (χ0) is 14.2. The van der Waals surface area contributed by atoms with Crippen LogP contribution in [0.15, 0.2) is 28.7 Å². The normalized spacial score (nSPS) is 11.6. The molecule has 19 heavy (non-hydrogen) atoms. The lowest BCUT2D eigenvalue weighted by Gasteiger charge is -2.14. The molecule has 0 saturated carbocycles. The van der Waals surface area contributed by atoms with Gasteiger partial charge in [-0.3, -0.25) is 0 Å². The molecule has 1 N–H and O–H groups in total. The van der Waals surface area contributed by atoms with Crippen molar-refractivity contribution >= 4 is 5.97 Å². The maximum absolute atomic E-state index is 12.9. The summed E-state index contributed by atoms with van der Waals surface area (Å²) in [7, 11) is 0. The zero-order valence-corrected chi connectivity index (χ0v) is 10.9. The van der Waals surface area contributed by atoms with Gasteiger partial charge in [-0.15, -0.1) is 0 Å². The van der Waals surface area contributed by atoms with Gasteiger partial charge in [0.1, 0.15) is 11.5 Å². The highest BCUT2D eigenvalue weighted by Crippen LogP contribution is 2.30. The molecule has 100 valence electrons. The van der Waals surface area contributed by atoms with Crippen LogP contribution in [-0.2, 0) is 5.41 Å². The number of oxazole rings is 1. The summed E-state index contributed by atoms with van der Waals surface area (Å²) in [6.45, 7) is 5.56. The quantitative estimate of drug-likeness (QED) is 0.901. The van der Waals surface area contributed by atoms with Gasteiger partial charge in [-0.25, -0.2) is 14.2 Å². The lowest BCUT2D eigenvalue weighted by Crippen LogP contribution is -2.16. The topological polar surface area (TPSA) is 63.3 Å². The fraction of sp³-hybridized carbons (Fsp3) is 0.286. The first-order valence-electron chi connectivity index (χ1n) is 5.79. The van der Waals surface area contributed by atoms with Crippen LogP contribution >= 0.6 is 0 Å². The van der Waals surface area contributed by atoms with Crippen LogP contribution in [0, 0.1) is 5.82 Å². The number of hydrogen-bond donors (Lipinski definition) is 1. The van der Waals surface area contributed by atoms with E-state index >= 15 is 0 Å². The number of rotatable bonds is 2. The highest BCUT2D eigenvalue weighted by Gasteiger charge is 2.29. The standard InChI is InChI=1S/C14H14FNO3/c1-14(2,3)11-10(13(17)18)19-12(16-11)8-4-6-9(15)7-5-8/h4-7H,1-3H3,(H,17,18). The van der Waals surface area contributed by atoms with Crippen LogP contribution in [-0.4, -0.2) is 16.1 Å². The van der Waals surface area contributed by atoms with Gasteiger partial charge in [-0.2, -0.15) is 0 Å². The number of nitrogens with zero attached hydrogens (tertiary/aromatic N) is 1. The molecule has 0 aliphatic rings. The molecule has 0 saturated heterocycles. The summed E-state index contributed by atoms with van der Waals surface area (Å²) < 4.78 is 18.2. The van der Waals surface area contributed by atoms with E-state index in [1.807, 2.05) is 20.8 Å². The van der Waals surface area contributed by atoms with E-state index in [9.17, 15) is 9.18 Å². The van der Waals surface area contributed by atoms with Gasteiger partial charge in [0.25, 0.3) is 0 Å². The molecular formula is C14H14FNO3. The van der Waals surface area contributed by atoms with Crippen LogP contribution in [0.2, 0.25) is 0 Å². The second-order valence-electron chi connectivity index (χ2n) is 5.26. The highest BCUT2D eigenvalue weighted by molar-refractivity contribution is 5.86. The molecule has 0 aliphatic carbocycles. The summed E-state index contributed by atoms with van der Waals surface area (Å²) in [5, 5.41) is 9.14. The maximum atomic E-state index is 12.9. The average molecular weight is 263 g/mol. The molecule has 0 unspecified atom stereocenters. The van der Waals surface area contributed by atoms with Crippen molar-refractivity contribution in [3.05, 3.63) is 41.5 Å². The SMILES string of the molecule is CC(C)(C)c1nc(-c2ccc(F)cc2)oc1C(=O)O. The molecule has 4 nitrogen and oxygen atoms in total. The Morgan fingerprint density at radius 1 is 1.26 bits per heavy atom. The van der Waals surface area contributed by atoms with Crippen molar-refractivity contribution in [1.82, 2.24) is 4.98 Å². The molecule has 0 bridgehead atoms. The van der Waals surface area contributed by atoms with Crippen molar-refractivity contribution in [1.29, 1.82) is 0 Å². The van der Waals surface area contributed by atoms with Crippen LogP contribution in [0.1, 0.15) is 37.0 Å². The van der Waals surface area contributed by atoms with Crippen molar-refractivity contribution in [2.45, 2.75) is 26.2 Å². The molecule has 0 atom stereocenters. The van der Waals surface area contributed by atoms with E-state index in [1.54, 1.807) is 0 Å². The molecule has 0 amide bonds. The molecular weight excluding hydrogens is 249 g/mol. The van der Waals surface area contributed by atoms with E-state index in [2.05, 4.69) is 4.98 Å². The van der Waals surface area contributed by atoms with Gasteiger partial charge in [0.05, 0.1) is 0 Å². The Morgan fingerprint density at radius 3 is 2.26 bits per heavy atom.